The van der Waals surface area contributed by atoms with Gasteiger partial charge in [-0.2, -0.15) is 20.5 Å². The maximum Gasteiger partial charge on any atom is 0.238 e. The highest BCUT2D eigenvalue weighted by Crippen LogP contribution is 2.77. The lowest BCUT2D eigenvalue weighted by Gasteiger charge is -2.58. The molecule has 9 aromatic rings. The number of benzene rings is 7. The van der Waals surface area contributed by atoms with Crippen molar-refractivity contribution in [1.82, 2.24) is 19.5 Å². The third-order valence-electron chi connectivity index (χ3n) is 12.4. The van der Waals surface area contributed by atoms with Gasteiger partial charge in [0.2, 0.25) is 5.95 Å². The number of hydrogen-bond donors (Lipinski definition) is 0. The summed E-state index contributed by atoms with van der Waals surface area (Å²) < 4.78 is 2.12. The zero-order valence-electron chi connectivity index (χ0n) is 29.8. The first kappa shape index (κ1) is 30.8. The van der Waals surface area contributed by atoms with Crippen molar-refractivity contribution in [3.63, 3.8) is 0 Å². The van der Waals surface area contributed by atoms with Crippen LogP contribution in [0.4, 0.5) is 0 Å². The smallest absolute Gasteiger partial charge is 0.238 e. The standard InChI is InChI=1S/C50H28N6/c51-27-29-19-21-35-39(23-29)46-40-26-37(33(28-52)25-42(40)50(46)41-17-9-7-16-36(41)45(35)50)32-20-22-44-38(24-32)34-15-8-10-18-43(34)56(44)49-54-47(30-11-3-1-4-12-30)53-48(55-49)31-13-5-2-6-14-31/h1-26,45-46H. The van der Waals surface area contributed by atoms with Crippen molar-refractivity contribution in [2.24, 2.45) is 0 Å². The van der Waals surface area contributed by atoms with E-state index in [0.29, 0.717) is 28.7 Å². The van der Waals surface area contributed by atoms with Gasteiger partial charge >= 0.3 is 0 Å². The van der Waals surface area contributed by atoms with E-state index < -0.39 is 0 Å². The Labute approximate surface area is 322 Å². The normalized spacial score (nSPS) is 18.0. The third-order valence-corrected chi connectivity index (χ3v) is 12.4. The molecule has 0 amide bonds. The van der Waals surface area contributed by atoms with Gasteiger partial charge in [-0.3, -0.25) is 4.57 Å². The molecule has 3 unspecified atom stereocenters. The van der Waals surface area contributed by atoms with Crippen LogP contribution in [0, 0.1) is 22.7 Å². The summed E-state index contributed by atoms with van der Waals surface area (Å²) in [4.78, 5) is 15.1. The number of rotatable bonds is 4. The van der Waals surface area contributed by atoms with E-state index in [1.807, 2.05) is 72.8 Å². The molecule has 258 valence electrons. The Morgan fingerprint density at radius 3 is 1.91 bits per heavy atom. The lowest BCUT2D eigenvalue weighted by atomic mass is 9.42. The van der Waals surface area contributed by atoms with E-state index in [9.17, 15) is 10.5 Å². The average Bonchev–Trinajstić information content (AvgIpc) is 3.70. The van der Waals surface area contributed by atoms with Gasteiger partial charge < -0.3 is 0 Å². The number of nitrogens with zero attached hydrogens (tertiary/aromatic N) is 6. The quantitative estimate of drug-likeness (QED) is 0.181. The maximum atomic E-state index is 10.7. The highest BCUT2D eigenvalue weighted by molar-refractivity contribution is 6.10. The zero-order valence-corrected chi connectivity index (χ0v) is 29.8. The monoisotopic (exact) mass is 712 g/mol. The van der Waals surface area contributed by atoms with Gasteiger partial charge in [0.05, 0.1) is 34.3 Å². The van der Waals surface area contributed by atoms with Gasteiger partial charge in [-0.15, -0.1) is 0 Å². The molecule has 3 atom stereocenters. The first-order valence-corrected chi connectivity index (χ1v) is 18.8. The van der Waals surface area contributed by atoms with Gasteiger partial charge in [0.25, 0.3) is 0 Å². The molecule has 0 radical (unpaired) electrons. The molecule has 0 saturated heterocycles. The van der Waals surface area contributed by atoms with Crippen LogP contribution in [0.3, 0.4) is 0 Å². The largest absolute Gasteiger partial charge is 0.278 e. The Bertz CT molecular complexity index is 3180. The van der Waals surface area contributed by atoms with Gasteiger partial charge in [0.15, 0.2) is 11.6 Å². The minimum Gasteiger partial charge on any atom is -0.278 e. The van der Waals surface area contributed by atoms with Crippen molar-refractivity contribution in [3.8, 4) is 52.0 Å². The van der Waals surface area contributed by atoms with Crippen LogP contribution in [0.1, 0.15) is 56.3 Å². The van der Waals surface area contributed by atoms with Crippen molar-refractivity contribution < 1.29 is 0 Å². The predicted molar refractivity (Wildman–Crippen MR) is 217 cm³/mol. The Morgan fingerprint density at radius 2 is 1.16 bits per heavy atom. The van der Waals surface area contributed by atoms with Gasteiger partial charge in [0.1, 0.15) is 0 Å². The fraction of sp³-hybridized carbons (Fsp3) is 0.0600. The number of aromatic nitrogens is 4. The van der Waals surface area contributed by atoms with E-state index in [-0.39, 0.29) is 17.3 Å². The van der Waals surface area contributed by atoms with Crippen LogP contribution in [-0.2, 0) is 5.41 Å². The van der Waals surface area contributed by atoms with Crippen molar-refractivity contribution >= 4 is 21.8 Å². The molecule has 0 aliphatic heterocycles. The van der Waals surface area contributed by atoms with Gasteiger partial charge in [-0.1, -0.05) is 115 Å². The van der Waals surface area contributed by atoms with Crippen LogP contribution < -0.4 is 0 Å². The summed E-state index contributed by atoms with van der Waals surface area (Å²) in [6.07, 6.45) is 0. The number of hydrogen-bond acceptors (Lipinski definition) is 5. The summed E-state index contributed by atoms with van der Waals surface area (Å²) in [6.45, 7) is 0. The van der Waals surface area contributed by atoms with Crippen LogP contribution in [-0.4, -0.2) is 19.5 Å². The highest BCUT2D eigenvalue weighted by atomic mass is 15.2. The number of fused-ring (bicyclic) bond motifs is 10. The molecule has 0 bridgehead atoms. The Morgan fingerprint density at radius 1 is 0.482 bits per heavy atom. The van der Waals surface area contributed by atoms with E-state index in [4.69, 9.17) is 15.0 Å². The fourth-order valence-corrected chi connectivity index (χ4v) is 10.2. The molecule has 0 fully saturated rings. The Balaban J connectivity index is 1.05. The molecule has 3 aliphatic carbocycles. The molecule has 7 aromatic carbocycles. The van der Waals surface area contributed by atoms with Gasteiger partial charge in [-0.05, 0) is 87.0 Å². The number of nitriles is 2. The average molecular weight is 713 g/mol. The lowest BCUT2D eigenvalue weighted by molar-refractivity contribution is 0.333. The van der Waals surface area contributed by atoms with Crippen molar-refractivity contribution in [1.29, 1.82) is 10.5 Å². The molecule has 3 aliphatic rings. The molecule has 0 saturated carbocycles. The number of para-hydroxylation sites is 1. The molecule has 1 spiro atoms. The van der Waals surface area contributed by atoms with E-state index >= 15 is 0 Å². The van der Waals surface area contributed by atoms with E-state index in [2.05, 4.69) is 102 Å². The van der Waals surface area contributed by atoms with Crippen molar-refractivity contribution in [2.75, 3.05) is 0 Å². The van der Waals surface area contributed by atoms with Gasteiger partial charge in [0, 0.05) is 39.2 Å². The lowest BCUT2D eigenvalue weighted by Crippen LogP contribution is -2.52. The molecule has 0 N–H and O–H groups in total. The predicted octanol–water partition coefficient (Wildman–Crippen LogP) is 10.6. The molecule has 6 heteroatoms. The second-order valence-electron chi connectivity index (χ2n) is 15.0. The summed E-state index contributed by atoms with van der Waals surface area (Å²) in [5.74, 6) is 2.08. The SMILES string of the molecule is N#Cc1ccc2c(c1)C1c3cc(-c4ccc5c(c4)c4ccccc4n5-c4nc(-c5ccccc5)nc(-c5ccccc5)n4)c(C#N)cc3C13c1ccccc1C23. The summed E-state index contributed by atoms with van der Waals surface area (Å²) in [7, 11) is 0. The molecule has 56 heavy (non-hydrogen) atoms. The summed E-state index contributed by atoms with van der Waals surface area (Å²) >= 11 is 0. The second-order valence-corrected chi connectivity index (χ2v) is 15.0. The van der Waals surface area contributed by atoms with E-state index in [1.54, 1.807) is 0 Å². The maximum absolute atomic E-state index is 10.7. The minimum atomic E-state index is -0.203. The van der Waals surface area contributed by atoms with Crippen LogP contribution in [0.15, 0.2) is 158 Å². The molecule has 2 heterocycles. The third kappa shape index (κ3) is 3.90. The van der Waals surface area contributed by atoms with Crippen LogP contribution in [0.25, 0.3) is 61.7 Å². The zero-order chi connectivity index (χ0) is 37.1. The fourth-order valence-electron chi connectivity index (χ4n) is 10.2. The summed E-state index contributed by atoms with van der Waals surface area (Å²) in [6, 6.07) is 59.1. The van der Waals surface area contributed by atoms with Crippen LogP contribution in [0.5, 0.6) is 0 Å². The summed E-state index contributed by atoms with van der Waals surface area (Å²) in [5.41, 5.74) is 14.5. The first-order chi connectivity index (χ1) is 27.7. The van der Waals surface area contributed by atoms with Crippen molar-refractivity contribution in [2.45, 2.75) is 17.3 Å². The topological polar surface area (TPSA) is 91.2 Å². The van der Waals surface area contributed by atoms with E-state index in [1.165, 1.54) is 33.4 Å². The van der Waals surface area contributed by atoms with Crippen molar-refractivity contribution in [3.05, 3.63) is 202 Å². The summed E-state index contributed by atoms with van der Waals surface area (Å²) in [5, 5.41) is 22.7. The minimum absolute atomic E-state index is 0.124. The first-order valence-electron chi connectivity index (χ1n) is 18.8. The molecule has 12 rings (SSSR count). The highest BCUT2D eigenvalue weighted by Gasteiger charge is 2.69. The van der Waals surface area contributed by atoms with Gasteiger partial charge in [-0.25, -0.2) is 4.98 Å². The van der Waals surface area contributed by atoms with Crippen LogP contribution in [0.2, 0.25) is 0 Å². The van der Waals surface area contributed by atoms with Crippen LogP contribution >= 0.6 is 0 Å². The molecular formula is C50H28N6. The van der Waals surface area contributed by atoms with E-state index in [0.717, 1.165) is 44.1 Å². The molecule has 2 aromatic heterocycles. The molecule has 6 nitrogen and oxygen atoms in total. The Kier molecular flexibility index (Phi) is 6.14. The molecular weight excluding hydrogens is 685 g/mol. The Hall–Kier alpha value is -7.67. The second kappa shape index (κ2) is 11.2.